The number of carbonyl (C=O) groups excluding carboxylic acids is 1. The maximum Gasteiger partial charge on any atom is 0.338 e. The highest BCUT2D eigenvalue weighted by Gasteiger charge is 2.24. The minimum Gasteiger partial charge on any atom is -0.465 e. The highest BCUT2D eigenvalue weighted by atomic mass is 35.5. The number of imidazole rings is 1. The van der Waals surface area contributed by atoms with Crippen molar-refractivity contribution in [3.8, 4) is 11.5 Å². The zero-order chi connectivity index (χ0) is 18.8. The molecule has 1 saturated heterocycles. The Balaban J connectivity index is 1.85. The normalized spacial score (nSPS) is 16.1. The van der Waals surface area contributed by atoms with Gasteiger partial charge in [0.2, 0.25) is 0 Å². The van der Waals surface area contributed by atoms with Gasteiger partial charge >= 0.3 is 5.97 Å². The van der Waals surface area contributed by atoms with E-state index in [1.165, 1.54) is 7.11 Å². The number of hydrogen-bond donors (Lipinski definition) is 0. The van der Waals surface area contributed by atoms with Crippen LogP contribution >= 0.6 is 11.6 Å². The zero-order valence-electron chi connectivity index (χ0n) is 14.7. The van der Waals surface area contributed by atoms with Crippen LogP contribution in [0.25, 0.3) is 11.0 Å². The van der Waals surface area contributed by atoms with Crippen LogP contribution in [0.1, 0.15) is 22.6 Å². The van der Waals surface area contributed by atoms with E-state index in [2.05, 4.69) is 9.97 Å². The Hall–Kier alpha value is -2.64. The van der Waals surface area contributed by atoms with Crippen LogP contribution < -0.4 is 4.74 Å². The van der Waals surface area contributed by atoms with Gasteiger partial charge in [-0.25, -0.2) is 9.78 Å². The van der Waals surface area contributed by atoms with Gasteiger partial charge in [-0.2, -0.15) is 0 Å². The van der Waals surface area contributed by atoms with E-state index in [-0.39, 0.29) is 12.0 Å². The van der Waals surface area contributed by atoms with Crippen LogP contribution in [0, 0.1) is 0 Å². The van der Waals surface area contributed by atoms with Crippen LogP contribution in [-0.2, 0) is 21.9 Å². The third-order valence-corrected chi connectivity index (χ3v) is 4.72. The van der Waals surface area contributed by atoms with E-state index >= 15 is 0 Å². The van der Waals surface area contributed by atoms with Crippen LogP contribution in [0.3, 0.4) is 0 Å². The van der Waals surface area contributed by atoms with Gasteiger partial charge in [0.15, 0.2) is 5.75 Å². The zero-order valence-corrected chi connectivity index (χ0v) is 15.5. The molecule has 0 aliphatic carbocycles. The lowest BCUT2D eigenvalue weighted by atomic mass is 10.1. The number of ether oxygens (including phenoxy) is 3. The lowest BCUT2D eigenvalue weighted by Gasteiger charge is -2.27. The van der Waals surface area contributed by atoms with E-state index in [1.54, 1.807) is 36.7 Å². The second-order valence-corrected chi connectivity index (χ2v) is 6.45. The largest absolute Gasteiger partial charge is 0.465 e. The molecule has 0 spiro atoms. The maximum absolute atomic E-state index is 12.2. The SMILES string of the molecule is COC(=O)c1cc(Oc2cccnc2)c2nc(CCl)n(CC3CCO3)c2c1. The van der Waals surface area contributed by atoms with Crippen molar-refractivity contribution in [2.75, 3.05) is 13.7 Å². The van der Waals surface area contributed by atoms with E-state index < -0.39 is 5.97 Å². The van der Waals surface area contributed by atoms with Crippen LogP contribution in [0.2, 0.25) is 0 Å². The number of alkyl halides is 1. The smallest absolute Gasteiger partial charge is 0.338 e. The van der Waals surface area contributed by atoms with Crippen molar-refractivity contribution in [1.29, 1.82) is 0 Å². The van der Waals surface area contributed by atoms with Crippen molar-refractivity contribution in [3.05, 3.63) is 48.0 Å². The summed E-state index contributed by atoms with van der Waals surface area (Å²) in [5, 5.41) is 0. The summed E-state index contributed by atoms with van der Waals surface area (Å²) in [5.41, 5.74) is 1.75. The van der Waals surface area contributed by atoms with Gasteiger partial charge in [0.05, 0.1) is 42.9 Å². The number of benzene rings is 1. The molecule has 1 aliphatic rings. The molecule has 27 heavy (non-hydrogen) atoms. The minimum atomic E-state index is -0.451. The molecule has 4 rings (SSSR count). The number of aromatic nitrogens is 3. The Labute approximate surface area is 160 Å². The molecule has 0 radical (unpaired) electrons. The molecule has 8 heteroatoms. The molecule has 140 valence electrons. The Morgan fingerprint density at radius 3 is 2.93 bits per heavy atom. The molecule has 1 fully saturated rings. The number of esters is 1. The summed E-state index contributed by atoms with van der Waals surface area (Å²) in [6, 6.07) is 6.92. The summed E-state index contributed by atoms with van der Waals surface area (Å²) in [4.78, 5) is 20.9. The average Bonchev–Trinajstić information content (AvgIpc) is 3.02. The summed E-state index contributed by atoms with van der Waals surface area (Å²) in [6.07, 6.45) is 4.36. The molecule has 7 nitrogen and oxygen atoms in total. The molecular weight excluding hydrogens is 370 g/mol. The second-order valence-electron chi connectivity index (χ2n) is 6.18. The van der Waals surface area contributed by atoms with Gasteiger partial charge in [0.1, 0.15) is 17.1 Å². The Morgan fingerprint density at radius 2 is 2.30 bits per heavy atom. The number of fused-ring (bicyclic) bond motifs is 1. The average molecular weight is 388 g/mol. The van der Waals surface area contributed by atoms with Gasteiger partial charge in [0.25, 0.3) is 0 Å². The van der Waals surface area contributed by atoms with Crippen LogP contribution in [-0.4, -0.2) is 40.3 Å². The molecule has 2 aromatic heterocycles. The maximum atomic E-state index is 12.2. The predicted molar refractivity (Wildman–Crippen MR) is 99.3 cm³/mol. The van der Waals surface area contributed by atoms with Crippen molar-refractivity contribution < 1.29 is 19.0 Å². The molecule has 3 aromatic rings. The molecular formula is C19H18ClN3O4. The molecule has 0 amide bonds. The quantitative estimate of drug-likeness (QED) is 0.475. The lowest BCUT2D eigenvalue weighted by molar-refractivity contribution is -0.0589. The first kappa shape index (κ1) is 17.8. The number of hydrogen-bond acceptors (Lipinski definition) is 6. The fraction of sp³-hybridized carbons (Fsp3) is 0.316. The van der Waals surface area contributed by atoms with Crippen LogP contribution in [0.15, 0.2) is 36.7 Å². The third kappa shape index (κ3) is 3.48. The van der Waals surface area contributed by atoms with Crippen molar-refractivity contribution in [3.63, 3.8) is 0 Å². The molecule has 1 aliphatic heterocycles. The molecule has 0 bridgehead atoms. The predicted octanol–water partition coefficient (Wildman–Crippen LogP) is 3.54. The number of methoxy groups -OCH3 is 1. The van der Waals surface area contributed by atoms with E-state index in [0.717, 1.165) is 18.5 Å². The van der Waals surface area contributed by atoms with E-state index in [1.807, 2.05) is 4.57 Å². The second kappa shape index (κ2) is 7.54. The first-order valence-corrected chi connectivity index (χ1v) is 9.10. The highest BCUT2D eigenvalue weighted by molar-refractivity contribution is 6.17. The van der Waals surface area contributed by atoms with Crippen molar-refractivity contribution >= 4 is 28.6 Å². The van der Waals surface area contributed by atoms with Gasteiger partial charge in [-0.05, 0) is 30.7 Å². The van der Waals surface area contributed by atoms with Crippen molar-refractivity contribution in [1.82, 2.24) is 14.5 Å². The Bertz CT molecular complexity index is 970. The molecule has 1 atom stereocenters. The Kier molecular flexibility index (Phi) is 4.96. The lowest BCUT2D eigenvalue weighted by Crippen LogP contribution is -2.31. The first-order chi connectivity index (χ1) is 13.2. The van der Waals surface area contributed by atoms with Crippen molar-refractivity contribution in [2.45, 2.75) is 24.9 Å². The van der Waals surface area contributed by atoms with Crippen LogP contribution in [0.5, 0.6) is 11.5 Å². The number of carbonyl (C=O) groups is 1. The third-order valence-electron chi connectivity index (χ3n) is 4.48. The summed E-state index contributed by atoms with van der Waals surface area (Å²) in [6.45, 7) is 1.38. The van der Waals surface area contributed by atoms with Gasteiger partial charge in [-0.3, -0.25) is 4.98 Å². The molecule has 3 heterocycles. The monoisotopic (exact) mass is 387 g/mol. The molecule has 0 N–H and O–H groups in total. The van der Waals surface area contributed by atoms with Gasteiger partial charge in [-0.1, -0.05) is 0 Å². The number of halogens is 1. The molecule has 1 unspecified atom stereocenters. The van der Waals surface area contributed by atoms with E-state index in [9.17, 15) is 4.79 Å². The number of pyridine rings is 1. The number of rotatable bonds is 6. The van der Waals surface area contributed by atoms with Crippen molar-refractivity contribution in [2.24, 2.45) is 0 Å². The fourth-order valence-corrected chi connectivity index (χ4v) is 3.23. The Morgan fingerprint density at radius 1 is 1.44 bits per heavy atom. The van der Waals surface area contributed by atoms with E-state index in [4.69, 9.17) is 25.8 Å². The van der Waals surface area contributed by atoms with E-state index in [0.29, 0.717) is 34.9 Å². The summed E-state index contributed by atoms with van der Waals surface area (Å²) < 4.78 is 18.4. The summed E-state index contributed by atoms with van der Waals surface area (Å²) in [7, 11) is 1.35. The fourth-order valence-electron chi connectivity index (χ4n) is 3.03. The van der Waals surface area contributed by atoms with Gasteiger partial charge in [0, 0.05) is 12.8 Å². The minimum absolute atomic E-state index is 0.119. The molecule has 0 saturated carbocycles. The standard InChI is InChI=1S/C19H18ClN3O4/c1-25-19(24)12-7-15-18(16(8-12)27-13-3-2-5-21-10-13)22-17(9-20)23(15)11-14-4-6-26-14/h2-3,5,7-8,10,14H,4,6,9,11H2,1H3. The first-order valence-electron chi connectivity index (χ1n) is 8.56. The summed E-state index contributed by atoms with van der Waals surface area (Å²) >= 11 is 6.12. The highest BCUT2D eigenvalue weighted by Crippen LogP contribution is 2.33. The van der Waals surface area contributed by atoms with Gasteiger partial charge in [-0.15, -0.1) is 11.6 Å². The topological polar surface area (TPSA) is 75.5 Å². The molecule has 1 aromatic carbocycles. The summed E-state index contributed by atoms with van der Waals surface area (Å²) in [5.74, 6) is 1.47. The van der Waals surface area contributed by atoms with Crippen LogP contribution in [0.4, 0.5) is 0 Å². The van der Waals surface area contributed by atoms with Gasteiger partial charge < -0.3 is 18.8 Å². The number of nitrogens with zero attached hydrogens (tertiary/aromatic N) is 3.